The van der Waals surface area contributed by atoms with E-state index >= 15 is 0 Å². The highest BCUT2D eigenvalue weighted by Crippen LogP contribution is 2.51. The molecule has 2 aliphatic rings. The third kappa shape index (κ3) is 2.37. The second kappa shape index (κ2) is 6.04. The number of nitrogens with one attached hydrogen (secondary N) is 1. The van der Waals surface area contributed by atoms with Gasteiger partial charge in [-0.15, -0.1) is 0 Å². The van der Waals surface area contributed by atoms with Gasteiger partial charge in [-0.05, 0) is 51.0 Å². The summed E-state index contributed by atoms with van der Waals surface area (Å²) in [6.45, 7) is 6.21. The van der Waals surface area contributed by atoms with Gasteiger partial charge in [0.15, 0.2) is 0 Å². The molecule has 0 radical (unpaired) electrons. The monoisotopic (exact) mass is 333 g/mol. The van der Waals surface area contributed by atoms with Crippen LogP contribution in [0.5, 0.6) is 5.75 Å². The minimum atomic E-state index is -0.721. The molecular formula is C19H27NO2S. The van der Waals surface area contributed by atoms with Gasteiger partial charge in [-0.1, -0.05) is 37.5 Å². The molecule has 4 heteroatoms. The first kappa shape index (κ1) is 16.7. The van der Waals surface area contributed by atoms with E-state index in [1.54, 1.807) is 0 Å². The Morgan fingerprint density at radius 2 is 2.13 bits per heavy atom. The fourth-order valence-electron chi connectivity index (χ4n) is 4.40. The van der Waals surface area contributed by atoms with Crippen molar-refractivity contribution in [1.82, 2.24) is 5.32 Å². The van der Waals surface area contributed by atoms with Crippen LogP contribution in [0.25, 0.3) is 0 Å². The van der Waals surface area contributed by atoms with Gasteiger partial charge in [0.25, 0.3) is 5.91 Å². The van der Waals surface area contributed by atoms with E-state index in [-0.39, 0.29) is 11.4 Å². The quantitative estimate of drug-likeness (QED) is 0.846. The molecule has 126 valence electrons. The van der Waals surface area contributed by atoms with E-state index < -0.39 is 5.60 Å². The number of benzene rings is 1. The second-order valence-corrected chi connectivity index (χ2v) is 7.99. The SMILES string of the molecule is CCC1(Oc2ccc(C)cc2C)C(=O)NC12CCCCC2SC. The van der Waals surface area contributed by atoms with E-state index in [4.69, 9.17) is 4.74 Å². The largest absolute Gasteiger partial charge is 0.475 e. The smallest absolute Gasteiger partial charge is 0.267 e. The number of rotatable bonds is 4. The molecule has 1 aliphatic heterocycles. The van der Waals surface area contributed by atoms with Gasteiger partial charge in [-0.3, -0.25) is 4.79 Å². The molecule has 23 heavy (non-hydrogen) atoms. The highest BCUT2D eigenvalue weighted by Gasteiger charge is 2.70. The Kier molecular flexibility index (Phi) is 4.39. The van der Waals surface area contributed by atoms with Crippen LogP contribution in [0.15, 0.2) is 18.2 Å². The van der Waals surface area contributed by atoms with Gasteiger partial charge < -0.3 is 10.1 Å². The zero-order chi connectivity index (χ0) is 16.7. The van der Waals surface area contributed by atoms with Crippen molar-refractivity contribution in [2.24, 2.45) is 0 Å². The first-order chi connectivity index (χ1) is 11.0. The minimum Gasteiger partial charge on any atom is -0.475 e. The van der Waals surface area contributed by atoms with Crippen molar-refractivity contribution in [2.75, 3.05) is 6.26 Å². The first-order valence-electron chi connectivity index (χ1n) is 8.61. The van der Waals surface area contributed by atoms with E-state index in [9.17, 15) is 4.79 Å². The molecule has 3 atom stereocenters. The lowest BCUT2D eigenvalue weighted by Gasteiger charge is -2.62. The summed E-state index contributed by atoms with van der Waals surface area (Å²) in [5, 5.41) is 3.70. The molecule has 0 bridgehead atoms. The van der Waals surface area contributed by atoms with Crippen LogP contribution in [0.3, 0.4) is 0 Å². The molecule has 1 heterocycles. The number of hydrogen-bond acceptors (Lipinski definition) is 3. The fourth-order valence-corrected chi connectivity index (χ4v) is 5.57. The van der Waals surface area contributed by atoms with Crippen molar-refractivity contribution in [3.63, 3.8) is 0 Å². The zero-order valence-electron chi connectivity index (χ0n) is 14.6. The van der Waals surface area contributed by atoms with Crippen molar-refractivity contribution in [3.8, 4) is 5.75 Å². The number of hydrogen-bond donors (Lipinski definition) is 1. The van der Waals surface area contributed by atoms with Crippen LogP contribution in [0.4, 0.5) is 0 Å². The molecule has 1 aromatic rings. The van der Waals surface area contributed by atoms with Crippen molar-refractivity contribution >= 4 is 17.7 Å². The predicted octanol–water partition coefficient (Wildman–Crippen LogP) is 4.01. The summed E-state index contributed by atoms with van der Waals surface area (Å²) in [5.74, 6) is 0.901. The Labute approximate surface area is 143 Å². The summed E-state index contributed by atoms with van der Waals surface area (Å²) < 4.78 is 6.49. The molecule has 1 spiro atoms. The molecule has 1 saturated heterocycles. The Hall–Kier alpha value is -1.16. The number of aryl methyl sites for hydroxylation is 2. The molecular weight excluding hydrogens is 306 g/mol. The van der Waals surface area contributed by atoms with Gasteiger partial charge >= 0.3 is 0 Å². The summed E-state index contributed by atoms with van der Waals surface area (Å²) in [6, 6.07) is 6.19. The molecule has 1 saturated carbocycles. The molecule has 1 aromatic carbocycles. The van der Waals surface area contributed by atoms with E-state index in [0.717, 1.165) is 30.6 Å². The maximum Gasteiger partial charge on any atom is 0.267 e. The Morgan fingerprint density at radius 1 is 1.35 bits per heavy atom. The molecule has 1 amide bonds. The van der Waals surface area contributed by atoms with Crippen LogP contribution in [0.2, 0.25) is 0 Å². The van der Waals surface area contributed by atoms with Crippen LogP contribution < -0.4 is 10.1 Å². The van der Waals surface area contributed by atoms with Crippen molar-refractivity contribution in [3.05, 3.63) is 29.3 Å². The summed E-state index contributed by atoms with van der Waals surface area (Å²) in [4.78, 5) is 12.7. The number of ether oxygens (including phenoxy) is 1. The number of carbonyl (C=O) groups is 1. The topological polar surface area (TPSA) is 38.3 Å². The lowest BCUT2D eigenvalue weighted by Crippen LogP contribution is -2.87. The minimum absolute atomic E-state index is 0.0564. The summed E-state index contributed by atoms with van der Waals surface area (Å²) in [6.07, 6.45) is 7.44. The Bertz CT molecular complexity index is 617. The molecule has 1 aliphatic carbocycles. The maximum atomic E-state index is 12.7. The molecule has 0 aromatic heterocycles. The summed E-state index contributed by atoms with van der Waals surface area (Å²) >= 11 is 1.87. The van der Waals surface area contributed by atoms with Gasteiger partial charge in [0.2, 0.25) is 5.60 Å². The van der Waals surface area contributed by atoms with Crippen LogP contribution in [0, 0.1) is 13.8 Å². The maximum absolute atomic E-state index is 12.7. The molecule has 3 rings (SSSR count). The average Bonchev–Trinajstić information content (AvgIpc) is 2.54. The third-order valence-corrected chi connectivity index (χ3v) is 6.87. The van der Waals surface area contributed by atoms with Crippen molar-refractivity contribution in [1.29, 1.82) is 0 Å². The lowest BCUT2D eigenvalue weighted by molar-refractivity contribution is -0.174. The van der Waals surface area contributed by atoms with Gasteiger partial charge in [0, 0.05) is 5.25 Å². The zero-order valence-corrected chi connectivity index (χ0v) is 15.4. The fraction of sp³-hybridized carbons (Fsp3) is 0.632. The van der Waals surface area contributed by atoms with Gasteiger partial charge in [-0.2, -0.15) is 11.8 Å². The molecule has 3 unspecified atom stereocenters. The standard InChI is InChI=1S/C19H27NO2S/c1-5-19(22-15-10-9-13(2)12-14(15)3)17(21)20-18(19)11-7-6-8-16(18)23-4/h9-10,12,16H,5-8,11H2,1-4H3,(H,20,21). The van der Waals surface area contributed by atoms with Crippen LogP contribution >= 0.6 is 11.8 Å². The first-order valence-corrected chi connectivity index (χ1v) is 9.89. The second-order valence-electron chi connectivity index (χ2n) is 6.95. The number of amides is 1. The molecule has 2 fully saturated rings. The van der Waals surface area contributed by atoms with E-state index in [0.29, 0.717) is 11.7 Å². The summed E-state index contributed by atoms with van der Waals surface area (Å²) in [7, 11) is 0. The Balaban J connectivity index is 1.99. The van der Waals surface area contributed by atoms with Crippen LogP contribution in [-0.4, -0.2) is 28.6 Å². The van der Waals surface area contributed by atoms with Crippen LogP contribution in [-0.2, 0) is 4.79 Å². The highest BCUT2D eigenvalue weighted by atomic mass is 32.2. The van der Waals surface area contributed by atoms with E-state index in [1.807, 2.05) is 17.8 Å². The highest BCUT2D eigenvalue weighted by molar-refractivity contribution is 7.99. The van der Waals surface area contributed by atoms with Crippen molar-refractivity contribution < 1.29 is 9.53 Å². The van der Waals surface area contributed by atoms with Crippen LogP contribution in [0.1, 0.15) is 50.2 Å². The normalized spacial score (nSPS) is 33.2. The predicted molar refractivity (Wildman–Crippen MR) is 96.2 cm³/mol. The number of thioether (sulfide) groups is 1. The van der Waals surface area contributed by atoms with Crippen molar-refractivity contribution in [2.45, 2.75) is 69.3 Å². The number of carbonyl (C=O) groups excluding carboxylic acids is 1. The Morgan fingerprint density at radius 3 is 2.74 bits per heavy atom. The van der Waals surface area contributed by atoms with E-state index in [2.05, 4.69) is 44.5 Å². The average molecular weight is 333 g/mol. The van der Waals surface area contributed by atoms with Gasteiger partial charge in [0.05, 0.1) is 0 Å². The summed E-state index contributed by atoms with van der Waals surface area (Å²) in [5.41, 5.74) is 1.38. The van der Waals surface area contributed by atoms with E-state index in [1.165, 1.54) is 12.0 Å². The molecule has 1 N–H and O–H groups in total. The lowest BCUT2D eigenvalue weighted by atomic mass is 9.62. The third-order valence-electron chi connectivity index (χ3n) is 5.66. The number of β-lactam (4-membered cyclic amide) rings is 1. The van der Waals surface area contributed by atoms with Gasteiger partial charge in [0.1, 0.15) is 11.3 Å². The van der Waals surface area contributed by atoms with Gasteiger partial charge in [-0.25, -0.2) is 0 Å². The molecule has 3 nitrogen and oxygen atoms in total.